The summed E-state index contributed by atoms with van der Waals surface area (Å²) < 4.78 is 5.12. The molecule has 2 aromatic rings. The minimum atomic E-state index is -0.578. The van der Waals surface area contributed by atoms with Gasteiger partial charge in [0.25, 0.3) is 0 Å². The Morgan fingerprint density at radius 2 is 2.16 bits per heavy atom. The zero-order chi connectivity index (χ0) is 18.0. The van der Waals surface area contributed by atoms with Crippen molar-refractivity contribution in [2.45, 2.75) is 43.5 Å². The Hall–Kier alpha value is -1.93. The zero-order valence-electron chi connectivity index (χ0n) is 14.7. The second kappa shape index (κ2) is 7.13. The van der Waals surface area contributed by atoms with Crippen LogP contribution in [-0.2, 0) is 4.79 Å². The second-order valence-electron chi connectivity index (χ2n) is 6.67. The van der Waals surface area contributed by atoms with Crippen LogP contribution in [0.1, 0.15) is 38.6 Å². The van der Waals surface area contributed by atoms with Crippen molar-refractivity contribution in [2.24, 2.45) is 5.73 Å². The molecule has 8 heteroatoms. The van der Waals surface area contributed by atoms with Crippen LogP contribution in [0.25, 0.3) is 11.4 Å². The molecule has 1 aliphatic heterocycles. The van der Waals surface area contributed by atoms with E-state index in [0.717, 1.165) is 18.4 Å². The third-order valence-electron chi connectivity index (χ3n) is 4.74. The van der Waals surface area contributed by atoms with Gasteiger partial charge in [0.2, 0.25) is 17.6 Å². The van der Waals surface area contributed by atoms with E-state index in [-0.39, 0.29) is 16.7 Å². The molecule has 7 nitrogen and oxygen atoms in total. The van der Waals surface area contributed by atoms with Crippen molar-refractivity contribution in [3.63, 3.8) is 0 Å². The lowest BCUT2D eigenvalue weighted by Gasteiger charge is -2.33. The first kappa shape index (κ1) is 17.9. The molecule has 134 valence electrons. The van der Waals surface area contributed by atoms with Crippen LogP contribution in [0.5, 0.6) is 0 Å². The average Bonchev–Trinajstić information content (AvgIpc) is 3.30. The van der Waals surface area contributed by atoms with Crippen molar-refractivity contribution in [3.8, 4) is 11.4 Å². The molecule has 2 aromatic heterocycles. The van der Waals surface area contributed by atoms with E-state index in [1.165, 1.54) is 0 Å². The number of pyridine rings is 1. The Morgan fingerprint density at radius 3 is 2.84 bits per heavy atom. The summed E-state index contributed by atoms with van der Waals surface area (Å²) in [5.74, 6) is 0.905. The standard InChI is InChI=1S/C17H23N5O2S/c1-17(2,25-3)13(18)16(23)22-10-4-5-12(22)15-20-14(21-24-15)11-6-8-19-9-7-11/h6-9,12-13H,4-5,10,18H2,1-3H3/t12-,13+/m0/s1. The van der Waals surface area contributed by atoms with E-state index in [2.05, 4.69) is 15.1 Å². The molecule has 0 aliphatic carbocycles. The number of carbonyl (C=O) groups is 1. The van der Waals surface area contributed by atoms with Gasteiger partial charge in [0, 0.05) is 29.2 Å². The molecule has 25 heavy (non-hydrogen) atoms. The first-order valence-electron chi connectivity index (χ1n) is 8.29. The quantitative estimate of drug-likeness (QED) is 0.872. The monoisotopic (exact) mass is 361 g/mol. The molecule has 0 radical (unpaired) electrons. The highest BCUT2D eigenvalue weighted by Crippen LogP contribution is 2.34. The summed E-state index contributed by atoms with van der Waals surface area (Å²) in [4.78, 5) is 23.2. The topological polar surface area (TPSA) is 98.1 Å². The van der Waals surface area contributed by atoms with Gasteiger partial charge in [-0.2, -0.15) is 16.7 Å². The lowest BCUT2D eigenvalue weighted by molar-refractivity contribution is -0.134. The average molecular weight is 361 g/mol. The molecule has 2 N–H and O–H groups in total. The van der Waals surface area contributed by atoms with Crippen molar-refractivity contribution in [3.05, 3.63) is 30.4 Å². The molecule has 3 heterocycles. The SMILES string of the molecule is CSC(C)(C)[C@H](N)C(=O)N1CCC[C@H]1c1nc(-c2ccncc2)no1. The molecule has 2 atom stereocenters. The van der Waals surface area contributed by atoms with Crippen molar-refractivity contribution < 1.29 is 9.32 Å². The van der Waals surface area contributed by atoms with Crippen LogP contribution >= 0.6 is 11.8 Å². The smallest absolute Gasteiger partial charge is 0.249 e. The minimum Gasteiger partial charge on any atom is -0.337 e. The van der Waals surface area contributed by atoms with E-state index in [1.807, 2.05) is 32.2 Å². The van der Waals surface area contributed by atoms with Crippen molar-refractivity contribution in [1.29, 1.82) is 0 Å². The largest absolute Gasteiger partial charge is 0.337 e. The Labute approximate surface area is 151 Å². The molecule has 0 saturated carbocycles. The van der Waals surface area contributed by atoms with Crippen molar-refractivity contribution in [2.75, 3.05) is 12.8 Å². The molecule has 0 unspecified atom stereocenters. The number of hydrogen-bond acceptors (Lipinski definition) is 7. The fraction of sp³-hybridized carbons (Fsp3) is 0.529. The number of likely N-dealkylation sites (tertiary alicyclic amines) is 1. The van der Waals surface area contributed by atoms with Gasteiger partial charge in [0.15, 0.2) is 0 Å². The van der Waals surface area contributed by atoms with Crippen molar-refractivity contribution in [1.82, 2.24) is 20.0 Å². The number of aromatic nitrogens is 3. The molecule has 1 amide bonds. The number of carbonyl (C=O) groups excluding carboxylic acids is 1. The Bertz CT molecular complexity index is 734. The number of amides is 1. The molecular formula is C17H23N5O2S. The van der Waals surface area contributed by atoms with Crippen LogP contribution in [0.2, 0.25) is 0 Å². The summed E-state index contributed by atoms with van der Waals surface area (Å²) in [6.07, 6.45) is 7.03. The van der Waals surface area contributed by atoms with E-state index in [9.17, 15) is 4.79 Å². The number of rotatable bonds is 5. The molecule has 1 fully saturated rings. The van der Waals surface area contributed by atoms with Gasteiger partial charge in [-0.15, -0.1) is 0 Å². The Morgan fingerprint density at radius 1 is 1.44 bits per heavy atom. The summed E-state index contributed by atoms with van der Waals surface area (Å²) in [5.41, 5.74) is 7.07. The van der Waals surface area contributed by atoms with Crippen LogP contribution in [-0.4, -0.2) is 49.5 Å². The number of thioether (sulfide) groups is 1. The lowest BCUT2D eigenvalue weighted by Crippen LogP contribution is -2.53. The maximum atomic E-state index is 12.9. The number of hydrogen-bond donors (Lipinski definition) is 1. The van der Waals surface area contributed by atoms with E-state index in [4.69, 9.17) is 10.3 Å². The van der Waals surface area contributed by atoms with Gasteiger partial charge in [0.05, 0.1) is 6.04 Å². The van der Waals surface area contributed by atoms with Crippen LogP contribution in [0.4, 0.5) is 0 Å². The third kappa shape index (κ3) is 3.55. The zero-order valence-corrected chi connectivity index (χ0v) is 15.5. The van der Waals surface area contributed by atoms with E-state index < -0.39 is 6.04 Å². The van der Waals surface area contributed by atoms with E-state index >= 15 is 0 Å². The van der Waals surface area contributed by atoms with Crippen LogP contribution in [0.3, 0.4) is 0 Å². The highest BCUT2D eigenvalue weighted by atomic mass is 32.2. The fourth-order valence-electron chi connectivity index (χ4n) is 2.88. The van der Waals surface area contributed by atoms with Crippen molar-refractivity contribution >= 4 is 17.7 Å². The van der Waals surface area contributed by atoms with Gasteiger partial charge in [-0.25, -0.2) is 0 Å². The maximum Gasteiger partial charge on any atom is 0.249 e. The van der Waals surface area contributed by atoms with Gasteiger partial charge < -0.3 is 15.2 Å². The summed E-state index contributed by atoms with van der Waals surface area (Å²) in [7, 11) is 0. The lowest BCUT2D eigenvalue weighted by atomic mass is 10.0. The summed E-state index contributed by atoms with van der Waals surface area (Å²) in [5, 5.41) is 4.05. The van der Waals surface area contributed by atoms with Gasteiger partial charge in [-0.1, -0.05) is 5.16 Å². The molecule has 3 rings (SSSR count). The molecule has 0 spiro atoms. The predicted molar refractivity (Wildman–Crippen MR) is 96.8 cm³/mol. The van der Waals surface area contributed by atoms with E-state index in [0.29, 0.717) is 18.3 Å². The molecule has 0 bridgehead atoms. The normalized spacial score (nSPS) is 19.2. The Balaban J connectivity index is 1.80. The first-order valence-corrected chi connectivity index (χ1v) is 9.51. The maximum absolute atomic E-state index is 12.9. The fourth-order valence-corrected chi connectivity index (χ4v) is 3.23. The van der Waals surface area contributed by atoms with Crippen LogP contribution in [0, 0.1) is 0 Å². The number of nitrogens with two attached hydrogens (primary N) is 1. The van der Waals surface area contributed by atoms with Gasteiger partial charge in [-0.05, 0) is 45.1 Å². The summed E-state index contributed by atoms with van der Waals surface area (Å²) >= 11 is 1.59. The molecular weight excluding hydrogens is 338 g/mol. The van der Waals surface area contributed by atoms with Gasteiger partial charge in [0.1, 0.15) is 6.04 Å². The van der Waals surface area contributed by atoms with E-state index in [1.54, 1.807) is 29.1 Å². The van der Waals surface area contributed by atoms with Crippen LogP contribution < -0.4 is 5.73 Å². The molecule has 0 aromatic carbocycles. The van der Waals surface area contributed by atoms with Gasteiger partial charge in [-0.3, -0.25) is 9.78 Å². The highest BCUT2D eigenvalue weighted by molar-refractivity contribution is 8.00. The third-order valence-corrected chi connectivity index (χ3v) is 6.05. The second-order valence-corrected chi connectivity index (χ2v) is 8.13. The summed E-state index contributed by atoms with van der Waals surface area (Å²) in [6.45, 7) is 4.63. The van der Waals surface area contributed by atoms with Crippen LogP contribution in [0.15, 0.2) is 29.0 Å². The molecule has 1 aliphatic rings. The number of nitrogens with zero attached hydrogens (tertiary/aromatic N) is 4. The highest BCUT2D eigenvalue weighted by Gasteiger charge is 2.40. The van der Waals surface area contributed by atoms with Gasteiger partial charge >= 0.3 is 0 Å². The Kier molecular flexibility index (Phi) is 5.10. The first-order chi connectivity index (χ1) is 11.9. The molecule has 1 saturated heterocycles. The predicted octanol–water partition coefficient (Wildman–Crippen LogP) is 2.26. The summed E-state index contributed by atoms with van der Waals surface area (Å²) in [6, 6.07) is 2.86. The minimum absolute atomic E-state index is 0.0643.